The molecule has 6 nitrogen and oxygen atoms in total. The van der Waals surface area contributed by atoms with Crippen LogP contribution in [-0.2, 0) is 17.7 Å². The number of rotatable bonds is 7. The molecule has 7 heteroatoms. The molecule has 0 aliphatic carbocycles. The molecule has 0 spiro atoms. The molecule has 0 bridgehead atoms. The molecule has 0 amide bonds. The predicted octanol–water partition coefficient (Wildman–Crippen LogP) is 2.58. The van der Waals surface area contributed by atoms with E-state index in [0.29, 0.717) is 38.0 Å². The number of guanidine groups is 1. The monoisotopic (exact) mass is 400 g/mol. The number of nitrogens with one attached hydrogen (secondary N) is 2. The van der Waals surface area contributed by atoms with Gasteiger partial charge in [0.25, 0.3) is 0 Å². The van der Waals surface area contributed by atoms with Gasteiger partial charge < -0.3 is 25.0 Å². The summed E-state index contributed by atoms with van der Waals surface area (Å²) in [5.41, 5.74) is 2.64. The van der Waals surface area contributed by atoms with Crippen LogP contribution in [0.25, 0.3) is 0 Å². The minimum atomic E-state index is -0.203. The van der Waals surface area contributed by atoms with Gasteiger partial charge in [-0.1, -0.05) is 24.3 Å². The Morgan fingerprint density at radius 2 is 1.97 bits per heavy atom. The SMILES string of the molecule is CN=C(NCCc1ccccc1OC)NCc1ccc(N2CCOCC2)c(F)c1. The van der Waals surface area contributed by atoms with Gasteiger partial charge in [-0.05, 0) is 35.7 Å². The second-order valence-corrected chi connectivity index (χ2v) is 6.80. The first-order valence-corrected chi connectivity index (χ1v) is 9.89. The minimum absolute atomic E-state index is 0.203. The fraction of sp³-hybridized carbons (Fsp3) is 0.409. The molecule has 2 aromatic carbocycles. The molecule has 0 atom stereocenters. The highest BCUT2D eigenvalue weighted by atomic mass is 19.1. The second kappa shape index (κ2) is 10.7. The van der Waals surface area contributed by atoms with E-state index in [2.05, 4.69) is 21.7 Å². The maximum Gasteiger partial charge on any atom is 0.191 e. The zero-order valence-electron chi connectivity index (χ0n) is 17.1. The van der Waals surface area contributed by atoms with E-state index in [-0.39, 0.29) is 5.82 Å². The predicted molar refractivity (Wildman–Crippen MR) is 114 cm³/mol. The lowest BCUT2D eigenvalue weighted by atomic mass is 10.1. The molecule has 0 aromatic heterocycles. The van der Waals surface area contributed by atoms with Gasteiger partial charge in [0.1, 0.15) is 11.6 Å². The lowest BCUT2D eigenvalue weighted by Crippen LogP contribution is -2.38. The van der Waals surface area contributed by atoms with E-state index in [9.17, 15) is 4.39 Å². The number of anilines is 1. The van der Waals surface area contributed by atoms with Crippen molar-refractivity contribution in [1.82, 2.24) is 10.6 Å². The Balaban J connectivity index is 1.49. The van der Waals surface area contributed by atoms with E-state index >= 15 is 0 Å². The summed E-state index contributed by atoms with van der Waals surface area (Å²) in [6.07, 6.45) is 0.813. The first-order chi connectivity index (χ1) is 14.2. The van der Waals surface area contributed by atoms with Crippen LogP contribution in [0.15, 0.2) is 47.5 Å². The maximum atomic E-state index is 14.5. The molecule has 1 aliphatic heterocycles. The van der Waals surface area contributed by atoms with E-state index in [4.69, 9.17) is 9.47 Å². The quantitative estimate of drug-likeness (QED) is 0.553. The Bertz CT molecular complexity index is 822. The molecule has 1 saturated heterocycles. The van der Waals surface area contributed by atoms with Crippen LogP contribution in [0.2, 0.25) is 0 Å². The van der Waals surface area contributed by atoms with Crippen molar-refractivity contribution in [3.05, 3.63) is 59.4 Å². The maximum absolute atomic E-state index is 14.5. The lowest BCUT2D eigenvalue weighted by Gasteiger charge is -2.29. The van der Waals surface area contributed by atoms with Crippen LogP contribution in [-0.4, -0.2) is 53.0 Å². The second-order valence-electron chi connectivity index (χ2n) is 6.80. The van der Waals surface area contributed by atoms with Gasteiger partial charge in [-0.25, -0.2) is 4.39 Å². The molecule has 2 N–H and O–H groups in total. The lowest BCUT2D eigenvalue weighted by molar-refractivity contribution is 0.122. The summed E-state index contributed by atoms with van der Waals surface area (Å²) in [4.78, 5) is 6.26. The molecule has 2 aromatic rings. The van der Waals surface area contributed by atoms with Gasteiger partial charge in [-0.2, -0.15) is 0 Å². The first kappa shape index (κ1) is 20.9. The highest BCUT2D eigenvalue weighted by Gasteiger charge is 2.15. The molecule has 3 rings (SSSR count). The number of para-hydroxylation sites is 1. The van der Waals surface area contributed by atoms with Crippen molar-refractivity contribution in [1.29, 1.82) is 0 Å². The summed E-state index contributed by atoms with van der Waals surface area (Å²) in [7, 11) is 3.40. The number of aliphatic imine (C=N–C) groups is 1. The number of benzene rings is 2. The fourth-order valence-electron chi connectivity index (χ4n) is 3.35. The largest absolute Gasteiger partial charge is 0.496 e. The van der Waals surface area contributed by atoms with E-state index in [0.717, 1.165) is 36.4 Å². The summed E-state index contributed by atoms with van der Waals surface area (Å²) in [6.45, 7) is 3.92. The molecule has 0 radical (unpaired) electrons. The van der Waals surface area contributed by atoms with Crippen LogP contribution in [0.5, 0.6) is 5.75 Å². The van der Waals surface area contributed by atoms with Crippen LogP contribution in [0.3, 0.4) is 0 Å². The number of halogens is 1. The average Bonchev–Trinajstić information content (AvgIpc) is 2.77. The Labute approximate surface area is 171 Å². The minimum Gasteiger partial charge on any atom is -0.496 e. The topological polar surface area (TPSA) is 58.1 Å². The molecule has 0 unspecified atom stereocenters. The molecule has 1 fully saturated rings. The van der Waals surface area contributed by atoms with Gasteiger partial charge in [0, 0.05) is 33.2 Å². The number of ether oxygens (including phenoxy) is 2. The molecule has 0 saturated carbocycles. The van der Waals surface area contributed by atoms with Crippen molar-refractivity contribution in [2.45, 2.75) is 13.0 Å². The first-order valence-electron chi connectivity index (χ1n) is 9.89. The highest BCUT2D eigenvalue weighted by molar-refractivity contribution is 5.79. The van der Waals surface area contributed by atoms with Gasteiger partial charge in [0.05, 0.1) is 26.0 Å². The van der Waals surface area contributed by atoms with Crippen LogP contribution < -0.4 is 20.3 Å². The summed E-state index contributed by atoms with van der Waals surface area (Å²) in [6, 6.07) is 13.3. The van der Waals surface area contributed by atoms with Crippen molar-refractivity contribution in [2.75, 3.05) is 51.9 Å². The van der Waals surface area contributed by atoms with Crippen molar-refractivity contribution in [3.8, 4) is 5.75 Å². The van der Waals surface area contributed by atoms with E-state index in [1.165, 1.54) is 0 Å². The molecule has 156 valence electrons. The van der Waals surface area contributed by atoms with E-state index in [1.807, 2.05) is 35.2 Å². The van der Waals surface area contributed by atoms with Crippen molar-refractivity contribution in [2.24, 2.45) is 4.99 Å². The summed E-state index contributed by atoms with van der Waals surface area (Å²) in [5, 5.41) is 6.52. The number of morpholine rings is 1. The summed E-state index contributed by atoms with van der Waals surface area (Å²) < 4.78 is 25.2. The van der Waals surface area contributed by atoms with Gasteiger partial charge in [0.15, 0.2) is 5.96 Å². The third kappa shape index (κ3) is 5.84. The molecule has 1 heterocycles. The smallest absolute Gasteiger partial charge is 0.191 e. The fourth-order valence-corrected chi connectivity index (χ4v) is 3.35. The standard InChI is InChI=1S/C22H29FN4O2/c1-24-22(25-10-9-18-5-3-4-6-21(18)28-2)26-16-17-7-8-20(19(23)15-17)27-11-13-29-14-12-27/h3-8,15H,9-14,16H2,1-2H3,(H2,24,25,26). The molecule has 1 aliphatic rings. The number of methoxy groups -OCH3 is 1. The van der Waals surface area contributed by atoms with Gasteiger partial charge in [-0.15, -0.1) is 0 Å². The number of nitrogens with zero attached hydrogens (tertiary/aromatic N) is 2. The zero-order chi connectivity index (χ0) is 20.5. The summed E-state index contributed by atoms with van der Waals surface area (Å²) in [5.74, 6) is 1.36. The van der Waals surface area contributed by atoms with Crippen molar-refractivity contribution < 1.29 is 13.9 Å². The van der Waals surface area contributed by atoms with Crippen LogP contribution in [0.1, 0.15) is 11.1 Å². The Hall–Kier alpha value is -2.80. The molecular formula is C22H29FN4O2. The Morgan fingerprint density at radius 1 is 1.17 bits per heavy atom. The molecule has 29 heavy (non-hydrogen) atoms. The third-order valence-corrected chi connectivity index (χ3v) is 4.93. The number of hydrogen-bond acceptors (Lipinski definition) is 4. The van der Waals surface area contributed by atoms with E-state index in [1.54, 1.807) is 20.2 Å². The van der Waals surface area contributed by atoms with Gasteiger partial charge >= 0.3 is 0 Å². The van der Waals surface area contributed by atoms with Gasteiger partial charge in [0.2, 0.25) is 0 Å². The third-order valence-electron chi connectivity index (χ3n) is 4.93. The average molecular weight is 400 g/mol. The Kier molecular flexibility index (Phi) is 7.69. The van der Waals surface area contributed by atoms with Crippen molar-refractivity contribution in [3.63, 3.8) is 0 Å². The van der Waals surface area contributed by atoms with E-state index < -0.39 is 0 Å². The van der Waals surface area contributed by atoms with Crippen LogP contribution in [0.4, 0.5) is 10.1 Å². The molecular weight excluding hydrogens is 371 g/mol. The van der Waals surface area contributed by atoms with Crippen molar-refractivity contribution >= 4 is 11.6 Å². The van der Waals surface area contributed by atoms with Gasteiger partial charge in [-0.3, -0.25) is 4.99 Å². The Morgan fingerprint density at radius 3 is 2.69 bits per heavy atom. The normalized spacial score (nSPS) is 14.6. The van der Waals surface area contributed by atoms with Crippen LogP contribution >= 0.6 is 0 Å². The summed E-state index contributed by atoms with van der Waals surface area (Å²) >= 11 is 0. The zero-order valence-corrected chi connectivity index (χ0v) is 17.1. The van der Waals surface area contributed by atoms with Crippen LogP contribution in [0, 0.1) is 5.82 Å². The highest BCUT2D eigenvalue weighted by Crippen LogP contribution is 2.21. The number of hydrogen-bond donors (Lipinski definition) is 2.